The van der Waals surface area contributed by atoms with E-state index in [9.17, 15) is 13.5 Å². The van der Waals surface area contributed by atoms with Crippen LogP contribution in [0.15, 0.2) is 70.4 Å². The number of fused-ring (bicyclic) bond motifs is 1. The number of furan rings is 1. The normalized spacial score (nSPS) is 11.9. The Balaban J connectivity index is 1.76. The van der Waals surface area contributed by atoms with E-state index in [0.29, 0.717) is 22.4 Å². The van der Waals surface area contributed by atoms with Crippen molar-refractivity contribution in [1.82, 2.24) is 9.97 Å². The van der Waals surface area contributed by atoms with Gasteiger partial charge in [0, 0.05) is 41.4 Å². The van der Waals surface area contributed by atoms with Crippen LogP contribution in [0, 0.1) is 11.8 Å². The summed E-state index contributed by atoms with van der Waals surface area (Å²) in [5.74, 6) is 6.34. The lowest BCUT2D eigenvalue weighted by Crippen LogP contribution is -2.14. The summed E-state index contributed by atoms with van der Waals surface area (Å²) in [5.41, 5.74) is 3.39. The van der Waals surface area contributed by atoms with E-state index in [0.717, 1.165) is 22.9 Å². The molecule has 31 heavy (non-hydrogen) atoms. The molecule has 4 rings (SSSR count). The quantitative estimate of drug-likeness (QED) is 0.490. The van der Waals surface area contributed by atoms with Crippen LogP contribution in [0.1, 0.15) is 19.4 Å². The molecule has 0 bridgehead atoms. The van der Waals surface area contributed by atoms with Crippen molar-refractivity contribution >= 4 is 20.9 Å². The molecule has 0 amide bonds. The van der Waals surface area contributed by atoms with Crippen molar-refractivity contribution in [3.05, 3.63) is 66.5 Å². The van der Waals surface area contributed by atoms with Crippen molar-refractivity contribution in [1.29, 1.82) is 0 Å². The topological polar surface area (TPSA) is 93.3 Å². The maximum Gasteiger partial charge on any atom is 0.192 e. The van der Waals surface area contributed by atoms with Gasteiger partial charge in [0.25, 0.3) is 0 Å². The maximum absolute atomic E-state index is 11.6. The van der Waals surface area contributed by atoms with Gasteiger partial charge in [-0.3, -0.25) is 4.98 Å². The molecule has 0 aliphatic rings. The summed E-state index contributed by atoms with van der Waals surface area (Å²) in [5, 5.41) is 9.85. The number of pyridine rings is 2. The van der Waals surface area contributed by atoms with Gasteiger partial charge >= 0.3 is 0 Å². The molecule has 1 aromatic carbocycles. The molecule has 6 nitrogen and oxygen atoms in total. The predicted octanol–water partition coefficient (Wildman–Crippen LogP) is 4.08. The second-order valence-corrected chi connectivity index (χ2v) is 9.69. The molecule has 0 spiro atoms. The van der Waals surface area contributed by atoms with Crippen molar-refractivity contribution in [2.24, 2.45) is 0 Å². The van der Waals surface area contributed by atoms with Crippen molar-refractivity contribution in [2.75, 3.05) is 6.26 Å². The molecule has 3 aromatic heterocycles. The van der Waals surface area contributed by atoms with Crippen molar-refractivity contribution < 1.29 is 17.9 Å². The fourth-order valence-electron chi connectivity index (χ4n) is 3.04. The van der Waals surface area contributed by atoms with Gasteiger partial charge in [-0.05, 0) is 49.7 Å². The number of hydrogen-bond acceptors (Lipinski definition) is 6. The summed E-state index contributed by atoms with van der Waals surface area (Å²) >= 11 is 0. The SMILES string of the molecule is CC(C)(O)C#Cc1cccc(-c2ccnc3cc(-c4ccc(S(C)(=O)=O)nc4)oc23)c1. The van der Waals surface area contributed by atoms with Crippen LogP contribution in [-0.2, 0) is 9.84 Å². The number of aromatic nitrogens is 2. The Hall–Kier alpha value is -3.47. The smallest absolute Gasteiger partial charge is 0.192 e. The molecular weight excluding hydrogens is 412 g/mol. The summed E-state index contributed by atoms with van der Waals surface area (Å²) in [6.07, 6.45) is 4.30. The van der Waals surface area contributed by atoms with Crippen LogP contribution in [0.3, 0.4) is 0 Å². The molecule has 0 aliphatic heterocycles. The monoisotopic (exact) mass is 432 g/mol. The minimum absolute atomic E-state index is 0.00940. The highest BCUT2D eigenvalue weighted by atomic mass is 32.2. The van der Waals surface area contributed by atoms with Crippen molar-refractivity contribution in [2.45, 2.75) is 24.5 Å². The van der Waals surface area contributed by atoms with Crippen LogP contribution in [0.5, 0.6) is 0 Å². The van der Waals surface area contributed by atoms with Crippen LogP contribution >= 0.6 is 0 Å². The van der Waals surface area contributed by atoms with Gasteiger partial charge in [-0.2, -0.15) is 0 Å². The third kappa shape index (κ3) is 4.66. The third-order valence-corrected chi connectivity index (χ3v) is 5.50. The summed E-state index contributed by atoms with van der Waals surface area (Å²) in [7, 11) is -3.37. The van der Waals surface area contributed by atoms with Gasteiger partial charge in [0.05, 0.1) is 0 Å². The van der Waals surface area contributed by atoms with Gasteiger partial charge in [-0.25, -0.2) is 13.4 Å². The predicted molar refractivity (Wildman–Crippen MR) is 119 cm³/mol. The van der Waals surface area contributed by atoms with Gasteiger partial charge in [-0.1, -0.05) is 24.0 Å². The molecule has 4 aromatic rings. The molecule has 0 saturated heterocycles. The fraction of sp³-hybridized carbons (Fsp3) is 0.167. The summed E-state index contributed by atoms with van der Waals surface area (Å²) < 4.78 is 29.4. The van der Waals surface area contributed by atoms with Crippen molar-refractivity contribution in [3.8, 4) is 34.3 Å². The highest BCUT2D eigenvalue weighted by molar-refractivity contribution is 7.90. The molecule has 7 heteroatoms. The van der Waals surface area contributed by atoms with Crippen LogP contribution in [0.25, 0.3) is 33.6 Å². The van der Waals surface area contributed by atoms with E-state index < -0.39 is 15.4 Å². The van der Waals surface area contributed by atoms with Gasteiger partial charge in [-0.15, -0.1) is 0 Å². The zero-order valence-corrected chi connectivity index (χ0v) is 18.1. The molecule has 3 heterocycles. The molecule has 156 valence electrons. The average Bonchev–Trinajstić information content (AvgIpc) is 3.16. The van der Waals surface area contributed by atoms with Gasteiger partial charge < -0.3 is 9.52 Å². The third-order valence-electron chi connectivity index (χ3n) is 4.50. The van der Waals surface area contributed by atoms with Crippen LogP contribution in [0.4, 0.5) is 0 Å². The number of rotatable bonds is 3. The number of hydrogen-bond donors (Lipinski definition) is 1. The van der Waals surface area contributed by atoms with E-state index in [1.807, 2.05) is 30.3 Å². The molecule has 0 aliphatic carbocycles. The highest BCUT2D eigenvalue weighted by Gasteiger charge is 2.14. The lowest BCUT2D eigenvalue weighted by atomic mass is 10.0. The van der Waals surface area contributed by atoms with E-state index in [2.05, 4.69) is 21.8 Å². The van der Waals surface area contributed by atoms with Crippen LogP contribution in [0.2, 0.25) is 0 Å². The van der Waals surface area contributed by atoms with E-state index >= 15 is 0 Å². The van der Waals surface area contributed by atoms with Crippen LogP contribution in [-0.4, -0.2) is 35.3 Å². The molecule has 0 radical (unpaired) electrons. The van der Waals surface area contributed by atoms with Gasteiger partial charge in [0.1, 0.15) is 16.9 Å². The van der Waals surface area contributed by atoms with Crippen molar-refractivity contribution in [3.63, 3.8) is 0 Å². The second-order valence-electron chi connectivity index (χ2n) is 7.73. The first-order chi connectivity index (χ1) is 14.6. The van der Waals surface area contributed by atoms with E-state index in [1.165, 1.54) is 12.3 Å². The standard InChI is InChI=1S/C24H20N2O4S/c1-24(2,27)11-9-16-5-4-6-17(13-16)19-10-12-25-20-14-21(30-23(19)20)18-7-8-22(26-15-18)31(3,28)29/h4-8,10,12-15,27H,1-3H3. The molecular formula is C24H20N2O4S. The molecule has 0 atom stereocenters. The minimum Gasteiger partial charge on any atom is -0.454 e. The Morgan fingerprint density at radius 3 is 2.52 bits per heavy atom. The maximum atomic E-state index is 11.6. The second kappa shape index (κ2) is 7.65. The Labute approximate surface area is 180 Å². The Bertz CT molecular complexity index is 1430. The lowest BCUT2D eigenvalue weighted by molar-refractivity contribution is 0.143. The first-order valence-electron chi connectivity index (χ1n) is 9.51. The Morgan fingerprint density at radius 1 is 1.03 bits per heavy atom. The number of sulfone groups is 1. The number of aliphatic hydroxyl groups is 1. The minimum atomic E-state index is -3.37. The molecule has 0 saturated carbocycles. The van der Waals surface area contributed by atoms with E-state index in [-0.39, 0.29) is 5.03 Å². The largest absolute Gasteiger partial charge is 0.454 e. The first-order valence-corrected chi connectivity index (χ1v) is 11.4. The lowest BCUT2D eigenvalue weighted by Gasteiger charge is -2.06. The van der Waals surface area contributed by atoms with Gasteiger partial charge in [0.15, 0.2) is 20.4 Å². The Kier molecular flexibility index (Phi) is 5.13. The van der Waals surface area contributed by atoms with Crippen LogP contribution < -0.4 is 0 Å². The number of benzene rings is 1. The highest BCUT2D eigenvalue weighted by Crippen LogP contribution is 2.33. The summed E-state index contributed by atoms with van der Waals surface area (Å²) in [4.78, 5) is 8.42. The Morgan fingerprint density at radius 2 is 1.84 bits per heavy atom. The average molecular weight is 433 g/mol. The molecule has 0 unspecified atom stereocenters. The number of nitrogens with zero attached hydrogens (tertiary/aromatic N) is 2. The first kappa shape index (κ1) is 20.8. The van der Waals surface area contributed by atoms with E-state index in [4.69, 9.17) is 4.42 Å². The molecule has 0 fully saturated rings. The zero-order valence-electron chi connectivity index (χ0n) is 17.2. The zero-order chi connectivity index (χ0) is 22.2. The summed E-state index contributed by atoms with van der Waals surface area (Å²) in [6.45, 7) is 3.27. The van der Waals surface area contributed by atoms with E-state index in [1.54, 1.807) is 32.2 Å². The fourth-order valence-corrected chi connectivity index (χ4v) is 3.60. The van der Waals surface area contributed by atoms with Gasteiger partial charge in [0.2, 0.25) is 0 Å². The molecule has 1 N–H and O–H groups in total. The summed E-state index contributed by atoms with van der Waals surface area (Å²) in [6, 6.07) is 14.4.